The van der Waals surface area contributed by atoms with Crippen LogP contribution in [-0.2, 0) is 15.3 Å². The molecule has 0 atom stereocenters. The van der Waals surface area contributed by atoms with Crippen molar-refractivity contribution < 1.29 is 8.42 Å². The van der Waals surface area contributed by atoms with Crippen molar-refractivity contribution in [3.8, 4) is 0 Å². The topological polar surface area (TPSA) is 46.2 Å². The third-order valence-electron chi connectivity index (χ3n) is 4.37. The molecule has 112 valence electrons. The molecule has 4 heteroatoms. The molecule has 1 fully saturated rings. The van der Waals surface area contributed by atoms with E-state index < -0.39 is 14.6 Å². The Balaban J connectivity index is 2.16. The van der Waals surface area contributed by atoms with Crippen molar-refractivity contribution >= 4 is 9.84 Å². The minimum absolute atomic E-state index is 0.00792. The number of nitrogens with one attached hydrogen (secondary N) is 1. The standard InChI is InChI=1S/C16H25NO2S/c1-13-5-7-14(8-6-13)16(11-17-12-16)9-10-20(18,19)15(2,3)4/h5-8,17H,9-12H2,1-4H3. The normalized spacial score (nSPS) is 18.6. The maximum atomic E-state index is 12.3. The van der Waals surface area contributed by atoms with E-state index in [1.54, 1.807) is 20.8 Å². The van der Waals surface area contributed by atoms with E-state index >= 15 is 0 Å². The SMILES string of the molecule is Cc1ccc(C2(CCS(=O)(=O)C(C)(C)C)CNC2)cc1. The van der Waals surface area contributed by atoms with Gasteiger partial charge in [0.1, 0.15) is 0 Å². The largest absolute Gasteiger partial charge is 0.315 e. The summed E-state index contributed by atoms with van der Waals surface area (Å²) in [6.45, 7) is 9.14. The van der Waals surface area contributed by atoms with Crippen LogP contribution >= 0.6 is 0 Å². The molecule has 1 aromatic rings. The second-order valence-corrected chi connectivity index (χ2v) is 9.79. The lowest BCUT2D eigenvalue weighted by atomic mass is 9.73. The summed E-state index contributed by atoms with van der Waals surface area (Å²) in [5, 5.41) is 3.30. The predicted octanol–water partition coefficient (Wildman–Crippen LogP) is 2.44. The zero-order valence-corrected chi connectivity index (χ0v) is 13.7. The van der Waals surface area contributed by atoms with Gasteiger partial charge in [0.05, 0.1) is 10.5 Å². The quantitative estimate of drug-likeness (QED) is 0.928. The Morgan fingerprint density at radius 2 is 1.70 bits per heavy atom. The zero-order valence-electron chi connectivity index (χ0n) is 12.9. The van der Waals surface area contributed by atoms with Crippen LogP contribution in [0.2, 0.25) is 0 Å². The van der Waals surface area contributed by atoms with Crippen LogP contribution in [-0.4, -0.2) is 32.0 Å². The first-order valence-electron chi connectivity index (χ1n) is 7.17. The first kappa shape index (κ1) is 15.5. The average molecular weight is 295 g/mol. The highest BCUT2D eigenvalue weighted by atomic mass is 32.2. The van der Waals surface area contributed by atoms with E-state index in [2.05, 4.69) is 36.5 Å². The fourth-order valence-corrected chi connectivity index (χ4v) is 3.77. The maximum absolute atomic E-state index is 12.3. The van der Waals surface area contributed by atoms with Crippen molar-refractivity contribution in [2.75, 3.05) is 18.8 Å². The molecule has 0 bridgehead atoms. The van der Waals surface area contributed by atoms with Gasteiger partial charge in [0.2, 0.25) is 0 Å². The molecular weight excluding hydrogens is 270 g/mol. The third-order valence-corrected chi connectivity index (χ3v) is 6.98. The molecule has 0 aliphatic carbocycles. The Hall–Kier alpha value is -0.870. The minimum Gasteiger partial charge on any atom is -0.315 e. The van der Waals surface area contributed by atoms with E-state index in [9.17, 15) is 8.42 Å². The molecule has 0 unspecified atom stereocenters. The Morgan fingerprint density at radius 1 is 1.15 bits per heavy atom. The average Bonchev–Trinajstić information content (AvgIpc) is 2.28. The highest BCUT2D eigenvalue weighted by Crippen LogP contribution is 2.34. The van der Waals surface area contributed by atoms with Crippen molar-refractivity contribution in [2.45, 2.75) is 44.3 Å². The van der Waals surface area contributed by atoms with E-state index in [1.165, 1.54) is 11.1 Å². The first-order valence-corrected chi connectivity index (χ1v) is 8.82. The molecule has 1 saturated heterocycles. The van der Waals surface area contributed by atoms with Crippen molar-refractivity contribution in [1.82, 2.24) is 5.32 Å². The van der Waals surface area contributed by atoms with Crippen molar-refractivity contribution in [3.05, 3.63) is 35.4 Å². The molecule has 0 radical (unpaired) electrons. The van der Waals surface area contributed by atoms with Crippen LogP contribution in [0.3, 0.4) is 0 Å². The molecule has 1 aliphatic heterocycles. The molecule has 2 rings (SSSR count). The molecule has 1 heterocycles. The first-order chi connectivity index (χ1) is 9.16. The number of aryl methyl sites for hydroxylation is 1. The second-order valence-electron chi connectivity index (χ2n) is 6.93. The highest BCUT2D eigenvalue weighted by Gasteiger charge is 2.41. The molecule has 1 N–H and O–H groups in total. The highest BCUT2D eigenvalue weighted by molar-refractivity contribution is 7.92. The van der Waals surface area contributed by atoms with E-state index in [0.717, 1.165) is 13.1 Å². The molecule has 1 aromatic carbocycles. The predicted molar refractivity (Wildman–Crippen MR) is 83.9 cm³/mol. The fourth-order valence-electron chi connectivity index (χ4n) is 2.50. The van der Waals surface area contributed by atoms with E-state index in [-0.39, 0.29) is 11.2 Å². The fraction of sp³-hybridized carbons (Fsp3) is 0.625. The van der Waals surface area contributed by atoms with Gasteiger partial charge < -0.3 is 5.32 Å². The summed E-state index contributed by atoms with van der Waals surface area (Å²) in [6, 6.07) is 8.49. The number of sulfone groups is 1. The Kier molecular flexibility index (Phi) is 4.00. The van der Waals surface area contributed by atoms with Crippen LogP contribution in [0.15, 0.2) is 24.3 Å². The lowest BCUT2D eigenvalue weighted by molar-refractivity contribution is 0.268. The summed E-state index contributed by atoms with van der Waals surface area (Å²) >= 11 is 0. The molecule has 0 spiro atoms. The molecular formula is C16H25NO2S. The minimum atomic E-state index is -3.05. The lowest BCUT2D eigenvalue weighted by Crippen LogP contribution is -2.57. The summed E-state index contributed by atoms with van der Waals surface area (Å²) < 4.78 is 23.9. The Labute approximate surface area is 122 Å². The van der Waals surface area contributed by atoms with Gasteiger partial charge >= 0.3 is 0 Å². The molecule has 1 aliphatic rings. The number of hydrogen-bond donors (Lipinski definition) is 1. The van der Waals surface area contributed by atoms with E-state index in [0.29, 0.717) is 6.42 Å². The van der Waals surface area contributed by atoms with Gasteiger partial charge in [0.15, 0.2) is 9.84 Å². The second kappa shape index (κ2) is 5.15. The maximum Gasteiger partial charge on any atom is 0.155 e. The van der Waals surface area contributed by atoms with Crippen LogP contribution in [0, 0.1) is 6.92 Å². The summed E-state index contributed by atoms with van der Waals surface area (Å²) in [7, 11) is -3.05. The molecule has 0 amide bonds. The molecule has 3 nitrogen and oxygen atoms in total. The van der Waals surface area contributed by atoms with Crippen LogP contribution in [0.1, 0.15) is 38.3 Å². The van der Waals surface area contributed by atoms with Crippen LogP contribution < -0.4 is 5.32 Å². The summed E-state index contributed by atoms with van der Waals surface area (Å²) in [5.41, 5.74) is 2.48. The Morgan fingerprint density at radius 3 is 2.10 bits per heavy atom. The van der Waals surface area contributed by atoms with Gasteiger partial charge in [-0.3, -0.25) is 0 Å². The van der Waals surface area contributed by atoms with E-state index in [4.69, 9.17) is 0 Å². The van der Waals surface area contributed by atoms with Gasteiger partial charge in [0, 0.05) is 18.5 Å². The van der Waals surface area contributed by atoms with Gasteiger partial charge in [-0.15, -0.1) is 0 Å². The molecule has 0 saturated carbocycles. The third kappa shape index (κ3) is 2.91. The van der Waals surface area contributed by atoms with Crippen molar-refractivity contribution in [1.29, 1.82) is 0 Å². The Bertz CT molecular complexity index is 563. The molecule has 0 aromatic heterocycles. The van der Waals surface area contributed by atoms with Crippen LogP contribution in [0.4, 0.5) is 0 Å². The molecule has 20 heavy (non-hydrogen) atoms. The van der Waals surface area contributed by atoms with Gasteiger partial charge in [0.25, 0.3) is 0 Å². The van der Waals surface area contributed by atoms with Gasteiger partial charge in [-0.2, -0.15) is 0 Å². The van der Waals surface area contributed by atoms with Crippen molar-refractivity contribution in [3.63, 3.8) is 0 Å². The van der Waals surface area contributed by atoms with Crippen LogP contribution in [0.25, 0.3) is 0 Å². The summed E-state index contributed by atoms with van der Waals surface area (Å²) in [4.78, 5) is 0. The summed E-state index contributed by atoms with van der Waals surface area (Å²) in [6.07, 6.45) is 0.697. The number of hydrogen-bond acceptors (Lipinski definition) is 3. The van der Waals surface area contributed by atoms with Gasteiger partial charge in [-0.05, 0) is 39.7 Å². The van der Waals surface area contributed by atoms with Crippen LogP contribution in [0.5, 0.6) is 0 Å². The monoisotopic (exact) mass is 295 g/mol. The van der Waals surface area contributed by atoms with E-state index in [1.807, 2.05) is 0 Å². The summed E-state index contributed by atoms with van der Waals surface area (Å²) in [5.74, 6) is 0.256. The van der Waals surface area contributed by atoms with Gasteiger partial charge in [-0.25, -0.2) is 8.42 Å². The number of rotatable bonds is 4. The number of benzene rings is 1. The lowest BCUT2D eigenvalue weighted by Gasteiger charge is -2.44. The van der Waals surface area contributed by atoms with Gasteiger partial charge in [-0.1, -0.05) is 29.8 Å². The van der Waals surface area contributed by atoms with Crippen molar-refractivity contribution in [2.24, 2.45) is 0 Å². The smallest absolute Gasteiger partial charge is 0.155 e. The zero-order chi connectivity index (χ0) is 15.0.